The van der Waals surface area contributed by atoms with Gasteiger partial charge in [0.15, 0.2) is 0 Å². The maximum absolute atomic E-state index is 6.09. The maximum Gasteiger partial charge on any atom is 0.0582 e. The van der Waals surface area contributed by atoms with Crippen LogP contribution in [0.25, 0.3) is 0 Å². The van der Waals surface area contributed by atoms with Gasteiger partial charge < -0.3 is 10.5 Å². The van der Waals surface area contributed by atoms with Gasteiger partial charge in [0.2, 0.25) is 0 Å². The predicted molar refractivity (Wildman–Crippen MR) is 81.1 cm³/mol. The highest BCUT2D eigenvalue weighted by Crippen LogP contribution is 2.39. The molecule has 1 saturated carbocycles. The minimum atomic E-state index is 0.434. The van der Waals surface area contributed by atoms with Crippen LogP contribution >= 0.6 is 0 Å². The Kier molecular flexibility index (Phi) is 4.51. The number of ether oxygens (including phenoxy) is 1. The molecule has 0 heterocycles. The second-order valence-electron chi connectivity index (χ2n) is 6.90. The molecule has 0 bridgehead atoms. The minimum absolute atomic E-state index is 0.434. The molecule has 2 nitrogen and oxygen atoms in total. The molecule has 106 valence electrons. The van der Waals surface area contributed by atoms with Gasteiger partial charge in [0.25, 0.3) is 0 Å². The summed E-state index contributed by atoms with van der Waals surface area (Å²) >= 11 is 0. The molecule has 0 spiro atoms. The summed E-state index contributed by atoms with van der Waals surface area (Å²) in [5, 5.41) is 0. The molecule has 0 saturated heterocycles. The Balaban J connectivity index is 1.77. The van der Waals surface area contributed by atoms with Crippen LogP contribution in [0.5, 0.6) is 0 Å². The van der Waals surface area contributed by atoms with Crippen LogP contribution in [0.4, 0.5) is 5.69 Å². The van der Waals surface area contributed by atoms with Crippen LogP contribution in [0.3, 0.4) is 0 Å². The standard InChI is InChI=1S/C17H27NO/c1-13-10-16(12-17(2,3)11-13)19-9-8-14-4-6-15(18)7-5-14/h4-7,13,16H,8-12,18H2,1-3H3. The smallest absolute Gasteiger partial charge is 0.0582 e. The van der Waals surface area contributed by atoms with Crippen molar-refractivity contribution in [3.63, 3.8) is 0 Å². The molecular weight excluding hydrogens is 234 g/mol. The van der Waals surface area contributed by atoms with Crippen LogP contribution in [-0.2, 0) is 11.2 Å². The van der Waals surface area contributed by atoms with Gasteiger partial charge in [-0.05, 0) is 54.7 Å². The zero-order valence-electron chi connectivity index (χ0n) is 12.5. The number of anilines is 1. The van der Waals surface area contributed by atoms with E-state index in [1.54, 1.807) is 0 Å². The lowest BCUT2D eigenvalue weighted by Crippen LogP contribution is -2.33. The van der Waals surface area contributed by atoms with E-state index in [0.29, 0.717) is 11.5 Å². The molecule has 1 aliphatic rings. The Bertz CT molecular complexity index is 396. The Labute approximate surface area is 117 Å². The topological polar surface area (TPSA) is 35.2 Å². The van der Waals surface area contributed by atoms with Crippen molar-refractivity contribution in [2.45, 2.75) is 52.6 Å². The van der Waals surface area contributed by atoms with E-state index in [1.165, 1.54) is 24.8 Å². The van der Waals surface area contributed by atoms with Crippen molar-refractivity contribution in [2.24, 2.45) is 11.3 Å². The molecule has 1 aliphatic carbocycles. The van der Waals surface area contributed by atoms with Crippen molar-refractivity contribution in [1.29, 1.82) is 0 Å². The Morgan fingerprint density at radius 3 is 2.53 bits per heavy atom. The van der Waals surface area contributed by atoms with Gasteiger partial charge in [-0.25, -0.2) is 0 Å². The second-order valence-corrected chi connectivity index (χ2v) is 6.90. The van der Waals surface area contributed by atoms with E-state index >= 15 is 0 Å². The van der Waals surface area contributed by atoms with Crippen LogP contribution in [-0.4, -0.2) is 12.7 Å². The first kappa shape index (κ1) is 14.4. The molecule has 1 aromatic rings. The fourth-order valence-electron chi connectivity index (χ4n) is 3.41. The van der Waals surface area contributed by atoms with E-state index in [4.69, 9.17) is 10.5 Å². The van der Waals surface area contributed by atoms with Gasteiger partial charge in [-0.15, -0.1) is 0 Å². The summed E-state index contributed by atoms with van der Waals surface area (Å²) in [6.07, 6.45) is 5.15. The summed E-state index contributed by atoms with van der Waals surface area (Å²) < 4.78 is 6.09. The van der Waals surface area contributed by atoms with Crippen LogP contribution in [0, 0.1) is 11.3 Å². The highest BCUT2D eigenvalue weighted by Gasteiger charge is 2.32. The summed E-state index contributed by atoms with van der Waals surface area (Å²) in [5.74, 6) is 0.783. The van der Waals surface area contributed by atoms with E-state index in [2.05, 4.69) is 32.9 Å². The average Bonchev–Trinajstić information content (AvgIpc) is 2.29. The number of benzene rings is 1. The summed E-state index contributed by atoms with van der Waals surface area (Å²) in [6.45, 7) is 7.88. The number of hydrogen-bond acceptors (Lipinski definition) is 2. The lowest BCUT2D eigenvalue weighted by molar-refractivity contribution is -0.0215. The number of hydrogen-bond donors (Lipinski definition) is 1. The fourth-order valence-corrected chi connectivity index (χ4v) is 3.41. The first-order valence-electron chi connectivity index (χ1n) is 7.41. The highest BCUT2D eigenvalue weighted by molar-refractivity contribution is 5.39. The highest BCUT2D eigenvalue weighted by atomic mass is 16.5. The quantitative estimate of drug-likeness (QED) is 0.830. The third-order valence-electron chi connectivity index (χ3n) is 4.07. The van der Waals surface area contributed by atoms with Crippen LogP contribution in [0.15, 0.2) is 24.3 Å². The van der Waals surface area contributed by atoms with E-state index in [9.17, 15) is 0 Å². The Morgan fingerprint density at radius 1 is 1.21 bits per heavy atom. The predicted octanol–water partition coefficient (Wildman–Crippen LogP) is 4.04. The van der Waals surface area contributed by atoms with Gasteiger partial charge in [0, 0.05) is 5.69 Å². The number of nitrogens with two attached hydrogens (primary N) is 1. The molecule has 2 rings (SSSR count). The maximum atomic E-state index is 6.09. The van der Waals surface area contributed by atoms with Crippen LogP contribution in [0.1, 0.15) is 45.6 Å². The minimum Gasteiger partial charge on any atom is -0.399 e. The van der Waals surface area contributed by atoms with E-state index in [1.807, 2.05) is 12.1 Å². The molecule has 2 N–H and O–H groups in total. The van der Waals surface area contributed by atoms with E-state index in [0.717, 1.165) is 24.6 Å². The molecular formula is C17H27NO. The van der Waals surface area contributed by atoms with Crippen molar-refractivity contribution in [1.82, 2.24) is 0 Å². The first-order chi connectivity index (χ1) is 8.94. The lowest BCUT2D eigenvalue weighted by Gasteiger charge is -2.38. The zero-order valence-corrected chi connectivity index (χ0v) is 12.5. The molecule has 0 amide bonds. The molecule has 0 aliphatic heterocycles. The summed E-state index contributed by atoms with van der Waals surface area (Å²) in [4.78, 5) is 0. The van der Waals surface area contributed by atoms with Gasteiger partial charge in [-0.1, -0.05) is 32.9 Å². The van der Waals surface area contributed by atoms with Crippen molar-refractivity contribution < 1.29 is 4.74 Å². The molecule has 2 atom stereocenters. The zero-order chi connectivity index (χ0) is 13.9. The molecule has 19 heavy (non-hydrogen) atoms. The van der Waals surface area contributed by atoms with Crippen LogP contribution < -0.4 is 5.73 Å². The van der Waals surface area contributed by atoms with Crippen molar-refractivity contribution in [3.8, 4) is 0 Å². The average molecular weight is 261 g/mol. The normalized spacial score (nSPS) is 26.3. The first-order valence-corrected chi connectivity index (χ1v) is 7.41. The van der Waals surface area contributed by atoms with Crippen molar-refractivity contribution >= 4 is 5.69 Å². The lowest BCUT2D eigenvalue weighted by atomic mass is 9.71. The largest absolute Gasteiger partial charge is 0.399 e. The third kappa shape index (κ3) is 4.54. The van der Waals surface area contributed by atoms with Gasteiger partial charge in [0.05, 0.1) is 12.7 Å². The number of nitrogen functional groups attached to an aromatic ring is 1. The molecule has 2 unspecified atom stereocenters. The molecule has 1 aromatic carbocycles. The van der Waals surface area contributed by atoms with Gasteiger partial charge in [-0.2, -0.15) is 0 Å². The summed E-state index contributed by atoms with van der Waals surface area (Å²) in [6, 6.07) is 8.10. The van der Waals surface area contributed by atoms with Gasteiger partial charge >= 0.3 is 0 Å². The van der Waals surface area contributed by atoms with E-state index < -0.39 is 0 Å². The van der Waals surface area contributed by atoms with Crippen molar-refractivity contribution in [2.75, 3.05) is 12.3 Å². The van der Waals surface area contributed by atoms with Crippen molar-refractivity contribution in [3.05, 3.63) is 29.8 Å². The van der Waals surface area contributed by atoms with Gasteiger partial charge in [0.1, 0.15) is 0 Å². The summed E-state index contributed by atoms with van der Waals surface area (Å²) in [7, 11) is 0. The summed E-state index contributed by atoms with van der Waals surface area (Å²) in [5.41, 5.74) is 8.25. The monoisotopic (exact) mass is 261 g/mol. The molecule has 2 heteroatoms. The molecule has 0 aromatic heterocycles. The third-order valence-corrected chi connectivity index (χ3v) is 4.07. The molecule has 1 fully saturated rings. The second kappa shape index (κ2) is 5.96. The number of rotatable bonds is 4. The van der Waals surface area contributed by atoms with Gasteiger partial charge in [-0.3, -0.25) is 0 Å². The SMILES string of the molecule is CC1CC(OCCc2ccc(N)cc2)CC(C)(C)C1. The van der Waals surface area contributed by atoms with E-state index in [-0.39, 0.29) is 0 Å². The Hall–Kier alpha value is -1.02. The Morgan fingerprint density at radius 2 is 1.89 bits per heavy atom. The molecule has 0 radical (unpaired) electrons. The fraction of sp³-hybridized carbons (Fsp3) is 0.647. The van der Waals surface area contributed by atoms with Crippen LogP contribution in [0.2, 0.25) is 0 Å².